The largest absolute Gasteiger partial charge is 0.490 e. The molecule has 0 radical (unpaired) electrons. The van der Waals surface area contributed by atoms with Crippen LogP contribution in [0.5, 0.6) is 5.75 Å². The van der Waals surface area contributed by atoms with Gasteiger partial charge in [-0.2, -0.15) is 5.26 Å². The number of nitrogens with zero attached hydrogens (tertiary/aromatic N) is 1. The predicted molar refractivity (Wildman–Crippen MR) is 114 cm³/mol. The van der Waals surface area contributed by atoms with Crippen LogP contribution in [-0.4, -0.2) is 13.2 Å². The quantitative estimate of drug-likeness (QED) is 0.509. The van der Waals surface area contributed by atoms with Crippen LogP contribution in [0.1, 0.15) is 43.1 Å². The molecule has 4 heteroatoms. The summed E-state index contributed by atoms with van der Waals surface area (Å²) in [5, 5.41) is 9.50. The first-order valence-electron chi connectivity index (χ1n) is 9.56. The van der Waals surface area contributed by atoms with Gasteiger partial charge in [0.2, 0.25) is 0 Å². The number of methoxy groups -OCH3 is 1. The Balaban J connectivity index is 1.68. The lowest BCUT2D eigenvalue weighted by molar-refractivity contribution is 0.105. The van der Waals surface area contributed by atoms with Crippen LogP contribution in [0.2, 0.25) is 0 Å². The van der Waals surface area contributed by atoms with Crippen molar-refractivity contribution in [1.29, 1.82) is 5.26 Å². The number of rotatable bonds is 5. The second-order valence-electron chi connectivity index (χ2n) is 7.29. The van der Waals surface area contributed by atoms with Gasteiger partial charge in [0.05, 0.1) is 17.8 Å². The van der Waals surface area contributed by atoms with E-state index >= 15 is 0 Å². The third-order valence-electron chi connectivity index (χ3n) is 5.12. The molecule has 142 valence electrons. The lowest BCUT2D eigenvalue weighted by atomic mass is 10.0. The maximum Gasteiger partial charge on any atom is 0.137 e. The minimum Gasteiger partial charge on any atom is -0.490 e. The van der Waals surface area contributed by atoms with Crippen LogP contribution in [-0.2, 0) is 11.2 Å². The van der Waals surface area contributed by atoms with Crippen LogP contribution in [0.3, 0.4) is 0 Å². The van der Waals surface area contributed by atoms with Crippen LogP contribution in [0.15, 0.2) is 48.5 Å². The summed E-state index contributed by atoms with van der Waals surface area (Å²) in [6.45, 7) is 3.93. The SMILES string of the molecule is CO[C@@H]1CCc2c(-c3ccc(-c4ccc(OC(C)C)c(C#N)c4)s3)cccc21. The molecule has 1 atom stereocenters. The summed E-state index contributed by atoms with van der Waals surface area (Å²) in [4.78, 5) is 2.41. The Morgan fingerprint density at radius 3 is 2.68 bits per heavy atom. The molecule has 3 nitrogen and oxygen atoms in total. The van der Waals surface area contributed by atoms with Crippen molar-refractivity contribution < 1.29 is 9.47 Å². The van der Waals surface area contributed by atoms with Gasteiger partial charge in [0.25, 0.3) is 0 Å². The lowest BCUT2D eigenvalue weighted by Gasteiger charge is -2.12. The van der Waals surface area contributed by atoms with E-state index in [1.165, 1.54) is 21.6 Å². The predicted octanol–water partition coefficient (Wildman–Crippen LogP) is 6.37. The molecule has 0 amide bonds. The van der Waals surface area contributed by atoms with Crippen molar-refractivity contribution >= 4 is 11.3 Å². The summed E-state index contributed by atoms with van der Waals surface area (Å²) < 4.78 is 11.4. The summed E-state index contributed by atoms with van der Waals surface area (Å²) in [6, 6.07) is 18.9. The molecule has 2 aromatic carbocycles. The van der Waals surface area contributed by atoms with Gasteiger partial charge < -0.3 is 9.47 Å². The molecule has 0 bridgehead atoms. The van der Waals surface area contributed by atoms with E-state index in [-0.39, 0.29) is 12.2 Å². The molecule has 4 rings (SSSR count). The molecular weight excluding hydrogens is 366 g/mol. The molecule has 1 aliphatic carbocycles. The van der Waals surface area contributed by atoms with Gasteiger partial charge in [-0.15, -0.1) is 11.3 Å². The van der Waals surface area contributed by atoms with Crippen LogP contribution >= 0.6 is 11.3 Å². The zero-order chi connectivity index (χ0) is 19.7. The average molecular weight is 390 g/mol. The highest BCUT2D eigenvalue weighted by molar-refractivity contribution is 7.18. The normalized spacial score (nSPS) is 15.5. The molecule has 1 aromatic heterocycles. The summed E-state index contributed by atoms with van der Waals surface area (Å²) in [5.41, 5.74) is 5.64. The van der Waals surface area contributed by atoms with E-state index in [4.69, 9.17) is 9.47 Å². The number of benzene rings is 2. The van der Waals surface area contributed by atoms with Gasteiger partial charge in [0, 0.05) is 16.9 Å². The van der Waals surface area contributed by atoms with Crippen molar-refractivity contribution in [3.63, 3.8) is 0 Å². The molecule has 1 aliphatic rings. The zero-order valence-electron chi connectivity index (χ0n) is 16.4. The van der Waals surface area contributed by atoms with Crippen LogP contribution in [0.25, 0.3) is 20.9 Å². The Morgan fingerprint density at radius 2 is 1.93 bits per heavy atom. The minimum atomic E-state index is 0.0439. The summed E-state index contributed by atoms with van der Waals surface area (Å²) in [7, 11) is 1.79. The van der Waals surface area contributed by atoms with Crippen LogP contribution in [0, 0.1) is 11.3 Å². The van der Waals surface area contributed by atoms with Crippen LogP contribution in [0.4, 0.5) is 0 Å². The second kappa shape index (κ2) is 7.79. The Hall–Kier alpha value is -2.61. The summed E-state index contributed by atoms with van der Waals surface area (Å²) in [6.07, 6.45) is 2.35. The van der Waals surface area contributed by atoms with Crippen molar-refractivity contribution in [2.45, 2.75) is 38.9 Å². The van der Waals surface area contributed by atoms with E-state index in [9.17, 15) is 5.26 Å². The number of fused-ring (bicyclic) bond motifs is 1. The van der Waals surface area contributed by atoms with Gasteiger partial charge in [0.1, 0.15) is 11.8 Å². The van der Waals surface area contributed by atoms with Crippen molar-refractivity contribution in [2.24, 2.45) is 0 Å². The van der Waals surface area contributed by atoms with Crippen molar-refractivity contribution in [3.05, 3.63) is 65.2 Å². The standard InChI is InChI=1S/C24H23NO2S/c1-15(2)27-21-9-7-16(13-17(21)14-25)23-11-12-24(28-23)20-6-4-5-19-18(20)8-10-22(19)26-3/h4-7,9,11-13,15,22H,8,10H2,1-3H3/t22-/m1/s1. The molecule has 0 unspecified atom stereocenters. The third kappa shape index (κ3) is 3.44. The van der Waals surface area contributed by atoms with Crippen molar-refractivity contribution in [1.82, 2.24) is 0 Å². The first-order valence-corrected chi connectivity index (χ1v) is 10.4. The van der Waals surface area contributed by atoms with E-state index < -0.39 is 0 Å². The molecule has 3 aromatic rings. The Morgan fingerprint density at radius 1 is 1.11 bits per heavy atom. The van der Waals surface area contributed by atoms with Gasteiger partial charge in [-0.25, -0.2) is 0 Å². The van der Waals surface area contributed by atoms with E-state index in [1.54, 1.807) is 18.4 Å². The fourth-order valence-corrected chi connectivity index (χ4v) is 4.91. The monoisotopic (exact) mass is 389 g/mol. The molecule has 0 N–H and O–H groups in total. The Kier molecular flexibility index (Phi) is 5.21. The van der Waals surface area contributed by atoms with Crippen LogP contribution < -0.4 is 4.74 Å². The third-order valence-corrected chi connectivity index (χ3v) is 6.29. The first kappa shape index (κ1) is 18.7. The average Bonchev–Trinajstić information content (AvgIpc) is 3.34. The molecular formula is C24H23NO2S. The maximum absolute atomic E-state index is 9.50. The number of nitriles is 1. The van der Waals surface area contributed by atoms with Gasteiger partial charge in [0.15, 0.2) is 0 Å². The fraction of sp³-hybridized carbons (Fsp3) is 0.292. The number of thiophene rings is 1. The zero-order valence-corrected chi connectivity index (χ0v) is 17.2. The smallest absolute Gasteiger partial charge is 0.137 e. The number of ether oxygens (including phenoxy) is 2. The first-order chi connectivity index (χ1) is 13.6. The van der Waals surface area contributed by atoms with E-state index in [2.05, 4.69) is 36.4 Å². The molecule has 0 fully saturated rings. The van der Waals surface area contributed by atoms with Gasteiger partial charge in [-0.3, -0.25) is 0 Å². The maximum atomic E-state index is 9.50. The highest BCUT2D eigenvalue weighted by Crippen LogP contribution is 2.43. The van der Waals surface area contributed by atoms with Crippen molar-refractivity contribution in [3.8, 4) is 32.7 Å². The van der Waals surface area contributed by atoms with Gasteiger partial charge in [-0.1, -0.05) is 18.2 Å². The molecule has 0 spiro atoms. The van der Waals surface area contributed by atoms with Gasteiger partial charge >= 0.3 is 0 Å². The highest BCUT2D eigenvalue weighted by atomic mass is 32.1. The van der Waals surface area contributed by atoms with Crippen molar-refractivity contribution in [2.75, 3.05) is 7.11 Å². The van der Waals surface area contributed by atoms with Gasteiger partial charge in [-0.05, 0) is 79.3 Å². The number of hydrogen-bond acceptors (Lipinski definition) is 4. The topological polar surface area (TPSA) is 42.2 Å². The summed E-state index contributed by atoms with van der Waals surface area (Å²) >= 11 is 1.76. The van der Waals surface area contributed by atoms with E-state index in [0.717, 1.165) is 23.3 Å². The highest BCUT2D eigenvalue weighted by Gasteiger charge is 2.25. The number of hydrogen-bond donors (Lipinski definition) is 0. The molecule has 0 saturated carbocycles. The second-order valence-corrected chi connectivity index (χ2v) is 8.37. The Bertz CT molecular complexity index is 1040. The molecule has 0 saturated heterocycles. The minimum absolute atomic E-state index is 0.0439. The fourth-order valence-electron chi connectivity index (χ4n) is 3.86. The summed E-state index contributed by atoms with van der Waals surface area (Å²) in [5.74, 6) is 0.643. The lowest BCUT2D eigenvalue weighted by Crippen LogP contribution is -2.06. The van der Waals surface area contributed by atoms with E-state index in [0.29, 0.717) is 11.3 Å². The van der Waals surface area contributed by atoms with E-state index in [1.807, 2.05) is 32.0 Å². The molecule has 28 heavy (non-hydrogen) atoms. The molecule has 1 heterocycles. The molecule has 0 aliphatic heterocycles. The Labute approximate surface area is 170 Å².